The lowest BCUT2D eigenvalue weighted by Gasteiger charge is -2.11. The molecule has 2 rings (SSSR count). The molecule has 2 heterocycles. The molecule has 0 spiro atoms. The normalized spacial score (nSPS) is 10.8. The van der Waals surface area contributed by atoms with Gasteiger partial charge in [0.05, 0.1) is 0 Å². The Morgan fingerprint density at radius 2 is 1.95 bits per heavy atom. The van der Waals surface area contributed by atoms with Crippen molar-refractivity contribution in [3.05, 3.63) is 23.1 Å². The maximum atomic E-state index is 5.91. The molecule has 3 N–H and O–H groups in total. The minimum absolute atomic E-state index is 0.527. The summed E-state index contributed by atoms with van der Waals surface area (Å²) in [5.41, 5.74) is 6.77. The number of aromatic nitrogens is 4. The molecule has 20 heavy (non-hydrogen) atoms. The number of nitrogens with zero attached hydrogens (tertiary/aromatic N) is 4. The lowest BCUT2D eigenvalue weighted by molar-refractivity contribution is 0.377. The summed E-state index contributed by atoms with van der Waals surface area (Å²) in [5, 5.41) is 7.00. The lowest BCUT2D eigenvalue weighted by Crippen LogP contribution is -2.12. The third-order valence-corrected chi connectivity index (χ3v) is 2.90. The molecule has 7 nitrogen and oxygen atoms in total. The summed E-state index contributed by atoms with van der Waals surface area (Å²) < 4.78 is 5.06. The van der Waals surface area contributed by atoms with Crippen molar-refractivity contribution in [1.29, 1.82) is 0 Å². The Labute approximate surface area is 118 Å². The third-order valence-electron chi connectivity index (χ3n) is 2.90. The van der Waals surface area contributed by atoms with Crippen LogP contribution in [0.25, 0.3) is 0 Å². The molecule has 0 aromatic carbocycles. The average molecular weight is 276 g/mol. The van der Waals surface area contributed by atoms with Crippen molar-refractivity contribution in [3.8, 4) is 0 Å². The van der Waals surface area contributed by atoms with Crippen molar-refractivity contribution in [2.24, 2.45) is 0 Å². The van der Waals surface area contributed by atoms with Gasteiger partial charge in [-0.05, 0) is 20.3 Å². The third kappa shape index (κ3) is 3.43. The molecule has 0 fully saturated rings. The predicted molar refractivity (Wildman–Crippen MR) is 76.4 cm³/mol. The van der Waals surface area contributed by atoms with Gasteiger partial charge in [-0.25, -0.2) is 9.97 Å². The minimum Gasteiger partial charge on any atom is -0.383 e. The van der Waals surface area contributed by atoms with Gasteiger partial charge in [0, 0.05) is 24.9 Å². The first kappa shape index (κ1) is 14.2. The fourth-order valence-corrected chi connectivity index (χ4v) is 1.82. The van der Waals surface area contributed by atoms with Crippen molar-refractivity contribution in [2.45, 2.75) is 40.0 Å². The van der Waals surface area contributed by atoms with Gasteiger partial charge in [0.25, 0.3) is 0 Å². The first-order chi connectivity index (χ1) is 9.60. The fourth-order valence-electron chi connectivity index (χ4n) is 1.82. The first-order valence-electron chi connectivity index (χ1n) is 6.76. The highest BCUT2D eigenvalue weighted by Gasteiger charge is 2.09. The van der Waals surface area contributed by atoms with Crippen LogP contribution in [0.2, 0.25) is 0 Å². The zero-order chi connectivity index (χ0) is 14.5. The Morgan fingerprint density at radius 3 is 2.60 bits per heavy atom. The highest BCUT2D eigenvalue weighted by Crippen LogP contribution is 2.17. The zero-order valence-corrected chi connectivity index (χ0v) is 12.1. The molecular formula is C13H20N6O. The number of hydrogen-bond acceptors (Lipinski definition) is 7. The largest absolute Gasteiger partial charge is 0.383 e. The zero-order valence-electron chi connectivity index (χ0n) is 12.1. The second kappa shape index (κ2) is 6.31. The molecule has 0 saturated heterocycles. The lowest BCUT2D eigenvalue weighted by atomic mass is 10.2. The van der Waals surface area contributed by atoms with Crippen molar-refractivity contribution < 1.29 is 4.52 Å². The highest BCUT2D eigenvalue weighted by atomic mass is 16.5. The molecule has 0 atom stereocenters. The van der Waals surface area contributed by atoms with E-state index in [9.17, 15) is 0 Å². The molecule has 108 valence electrons. The van der Waals surface area contributed by atoms with Crippen LogP contribution in [-0.4, -0.2) is 26.7 Å². The van der Waals surface area contributed by atoms with Crippen LogP contribution < -0.4 is 11.1 Å². The summed E-state index contributed by atoms with van der Waals surface area (Å²) >= 11 is 0. The summed E-state index contributed by atoms with van der Waals surface area (Å²) in [6.07, 6.45) is 2.46. The minimum atomic E-state index is 0.527. The predicted octanol–water partition coefficient (Wildman–Crippen LogP) is 1.67. The summed E-state index contributed by atoms with van der Waals surface area (Å²) in [6.45, 7) is 6.45. The molecule has 0 bridgehead atoms. The van der Waals surface area contributed by atoms with Gasteiger partial charge in [0.1, 0.15) is 17.5 Å². The topological polar surface area (TPSA) is 103 Å². The number of hydrogen-bond donors (Lipinski definition) is 2. The maximum absolute atomic E-state index is 5.91. The molecule has 0 saturated carbocycles. The molecule has 0 aliphatic rings. The van der Waals surface area contributed by atoms with Crippen LogP contribution in [0.4, 0.5) is 11.6 Å². The monoisotopic (exact) mass is 276 g/mol. The molecule has 0 radical (unpaired) electrons. The van der Waals surface area contributed by atoms with E-state index in [0.29, 0.717) is 30.5 Å². The summed E-state index contributed by atoms with van der Waals surface area (Å²) in [6, 6.07) is 0. The van der Waals surface area contributed by atoms with E-state index in [-0.39, 0.29) is 0 Å². The van der Waals surface area contributed by atoms with Crippen LogP contribution >= 0.6 is 0 Å². The van der Waals surface area contributed by atoms with E-state index < -0.39 is 0 Å². The van der Waals surface area contributed by atoms with Crippen LogP contribution in [0, 0.1) is 13.8 Å². The highest BCUT2D eigenvalue weighted by molar-refractivity contribution is 5.54. The van der Waals surface area contributed by atoms with Gasteiger partial charge in [0.15, 0.2) is 5.82 Å². The first-order valence-corrected chi connectivity index (χ1v) is 6.76. The van der Waals surface area contributed by atoms with E-state index in [2.05, 4.69) is 32.3 Å². The summed E-state index contributed by atoms with van der Waals surface area (Å²) in [5.74, 6) is 3.33. The number of nitrogens with one attached hydrogen (secondary N) is 1. The van der Waals surface area contributed by atoms with Gasteiger partial charge in [0.2, 0.25) is 5.89 Å². The van der Waals surface area contributed by atoms with Crippen LogP contribution in [-0.2, 0) is 12.8 Å². The Hall–Kier alpha value is -2.18. The number of nitrogens with two attached hydrogens (primary N) is 1. The van der Waals surface area contributed by atoms with Gasteiger partial charge in [-0.2, -0.15) is 4.98 Å². The van der Waals surface area contributed by atoms with Crippen LogP contribution in [0.5, 0.6) is 0 Å². The average Bonchev–Trinajstić information content (AvgIpc) is 2.81. The molecule has 0 amide bonds. The van der Waals surface area contributed by atoms with E-state index in [0.717, 1.165) is 30.0 Å². The van der Waals surface area contributed by atoms with E-state index in [1.807, 2.05) is 6.92 Å². The van der Waals surface area contributed by atoms with E-state index in [1.54, 1.807) is 6.92 Å². The standard InChI is InChI=1S/C13H20N6O/c1-4-5-10-17-12(14)8(2)13(18-10)15-7-6-11-16-9(3)19-20-11/h4-7H2,1-3H3,(H3,14,15,17,18). The Kier molecular flexibility index (Phi) is 4.49. The van der Waals surface area contributed by atoms with Gasteiger partial charge in [-0.1, -0.05) is 12.1 Å². The number of nitrogen functional groups attached to an aromatic ring is 1. The number of rotatable bonds is 6. The second-order valence-electron chi connectivity index (χ2n) is 4.66. The Balaban J connectivity index is 2.01. The number of aryl methyl sites for hydroxylation is 2. The molecule has 0 aliphatic heterocycles. The Morgan fingerprint density at radius 1 is 1.15 bits per heavy atom. The Bertz CT molecular complexity index is 580. The van der Waals surface area contributed by atoms with Gasteiger partial charge in [-0.15, -0.1) is 0 Å². The van der Waals surface area contributed by atoms with Crippen LogP contribution in [0.3, 0.4) is 0 Å². The van der Waals surface area contributed by atoms with E-state index in [1.165, 1.54) is 0 Å². The van der Waals surface area contributed by atoms with Gasteiger partial charge >= 0.3 is 0 Å². The smallest absolute Gasteiger partial charge is 0.228 e. The second-order valence-corrected chi connectivity index (χ2v) is 4.66. The van der Waals surface area contributed by atoms with Crippen molar-refractivity contribution >= 4 is 11.6 Å². The molecule has 2 aromatic heterocycles. The van der Waals surface area contributed by atoms with E-state index in [4.69, 9.17) is 10.3 Å². The van der Waals surface area contributed by atoms with Crippen LogP contribution in [0.1, 0.15) is 36.4 Å². The van der Waals surface area contributed by atoms with Gasteiger partial charge < -0.3 is 15.6 Å². The van der Waals surface area contributed by atoms with Crippen molar-refractivity contribution in [1.82, 2.24) is 20.1 Å². The maximum Gasteiger partial charge on any atom is 0.228 e. The van der Waals surface area contributed by atoms with Crippen molar-refractivity contribution in [2.75, 3.05) is 17.6 Å². The van der Waals surface area contributed by atoms with Gasteiger partial charge in [-0.3, -0.25) is 0 Å². The molecule has 0 unspecified atom stereocenters. The van der Waals surface area contributed by atoms with Crippen molar-refractivity contribution in [3.63, 3.8) is 0 Å². The van der Waals surface area contributed by atoms with Crippen LogP contribution in [0.15, 0.2) is 4.52 Å². The molecule has 2 aromatic rings. The molecular weight excluding hydrogens is 256 g/mol. The summed E-state index contributed by atoms with van der Waals surface area (Å²) in [4.78, 5) is 12.9. The SMILES string of the molecule is CCCc1nc(N)c(C)c(NCCc2nc(C)no2)n1. The number of anilines is 2. The summed E-state index contributed by atoms with van der Waals surface area (Å²) in [7, 11) is 0. The molecule has 7 heteroatoms. The van der Waals surface area contributed by atoms with E-state index >= 15 is 0 Å². The quantitative estimate of drug-likeness (QED) is 0.827. The fraction of sp³-hybridized carbons (Fsp3) is 0.538. The molecule has 0 aliphatic carbocycles.